The molecular weight excluding hydrogens is 430 g/mol. The summed E-state index contributed by atoms with van der Waals surface area (Å²) < 4.78 is 33.2. The van der Waals surface area contributed by atoms with Crippen molar-refractivity contribution in [1.29, 1.82) is 0 Å². The van der Waals surface area contributed by atoms with E-state index in [1.54, 1.807) is 12.3 Å². The van der Waals surface area contributed by atoms with Crippen LogP contribution in [0.4, 0.5) is 31.0 Å². The fraction of sp³-hybridized carbons (Fsp3) is 0.304. The van der Waals surface area contributed by atoms with Crippen LogP contribution in [0.2, 0.25) is 0 Å². The monoisotopic (exact) mass is 454 g/mol. The van der Waals surface area contributed by atoms with Gasteiger partial charge in [0.25, 0.3) is 0 Å². The van der Waals surface area contributed by atoms with Crippen LogP contribution in [0.25, 0.3) is 11.1 Å². The lowest BCUT2D eigenvalue weighted by Crippen LogP contribution is -2.39. The van der Waals surface area contributed by atoms with Gasteiger partial charge in [0.2, 0.25) is 5.95 Å². The molecule has 0 saturated carbocycles. The molecular formula is C23H24F2N6O2. The van der Waals surface area contributed by atoms with Gasteiger partial charge in [-0.1, -0.05) is 0 Å². The number of carbonyl (C=O) groups excluding carboxylic acids is 1. The Labute approximate surface area is 189 Å². The predicted molar refractivity (Wildman–Crippen MR) is 121 cm³/mol. The highest BCUT2D eigenvalue weighted by Gasteiger charge is 2.39. The van der Waals surface area contributed by atoms with Crippen molar-refractivity contribution >= 4 is 23.5 Å². The van der Waals surface area contributed by atoms with Crippen LogP contribution in [0.5, 0.6) is 0 Å². The number of benzene rings is 1. The third kappa shape index (κ3) is 4.55. The standard InChI is InChI=1S/C23H24F2N6O2/c1-12-8-19(28-10-17(12)16-9-15(26)4-5-18(16)25)14(3)29-22-27-7-6-21(30-22)31-20(13(2)24)11-33-23(31)32/h4-10,13-14,20H,11,26H2,1-3H3,(H,27,29,30)/t13-,14-,20+/m0/s1. The number of aryl methyl sites for hydroxylation is 1. The van der Waals surface area contributed by atoms with Gasteiger partial charge >= 0.3 is 6.09 Å². The van der Waals surface area contributed by atoms with Crippen molar-refractivity contribution in [2.75, 3.05) is 22.6 Å². The molecule has 3 aromatic rings. The Kier molecular flexibility index (Phi) is 6.08. The Balaban J connectivity index is 1.55. The number of ether oxygens (including phenoxy) is 1. The summed E-state index contributed by atoms with van der Waals surface area (Å²) in [6, 6.07) is 6.73. The van der Waals surface area contributed by atoms with Crippen LogP contribution < -0.4 is 16.0 Å². The van der Waals surface area contributed by atoms with Gasteiger partial charge in [0, 0.05) is 29.2 Å². The van der Waals surface area contributed by atoms with Gasteiger partial charge in [-0.3, -0.25) is 9.88 Å². The van der Waals surface area contributed by atoms with Crippen molar-refractivity contribution in [2.24, 2.45) is 0 Å². The minimum Gasteiger partial charge on any atom is -0.447 e. The van der Waals surface area contributed by atoms with Crippen LogP contribution in [0.3, 0.4) is 0 Å². The number of halogens is 2. The lowest BCUT2D eigenvalue weighted by molar-refractivity contribution is 0.174. The minimum absolute atomic E-state index is 0.0388. The summed E-state index contributed by atoms with van der Waals surface area (Å²) in [4.78, 5) is 26.3. The first-order valence-electron chi connectivity index (χ1n) is 10.5. The molecule has 10 heteroatoms. The predicted octanol–water partition coefficient (Wildman–Crippen LogP) is 4.42. The smallest absolute Gasteiger partial charge is 0.416 e. The number of anilines is 3. The number of amides is 1. The highest BCUT2D eigenvalue weighted by molar-refractivity contribution is 5.89. The quantitative estimate of drug-likeness (QED) is 0.531. The molecule has 0 spiro atoms. The van der Waals surface area contributed by atoms with E-state index < -0.39 is 18.3 Å². The number of nitrogen functional groups attached to an aromatic ring is 1. The molecule has 1 aliphatic heterocycles. The second-order valence-electron chi connectivity index (χ2n) is 7.96. The van der Waals surface area contributed by atoms with Gasteiger partial charge in [0.05, 0.1) is 11.7 Å². The topological polar surface area (TPSA) is 106 Å². The number of carbonyl (C=O) groups is 1. The zero-order chi connectivity index (χ0) is 23.7. The number of nitrogens with zero attached hydrogens (tertiary/aromatic N) is 4. The van der Waals surface area contributed by atoms with Gasteiger partial charge in [-0.05, 0) is 56.7 Å². The molecule has 0 bridgehead atoms. The van der Waals surface area contributed by atoms with Gasteiger partial charge in [-0.25, -0.2) is 18.6 Å². The fourth-order valence-corrected chi connectivity index (χ4v) is 3.70. The second kappa shape index (κ2) is 8.97. The molecule has 1 saturated heterocycles. The highest BCUT2D eigenvalue weighted by Crippen LogP contribution is 2.30. The Bertz CT molecular complexity index is 1190. The summed E-state index contributed by atoms with van der Waals surface area (Å²) >= 11 is 0. The van der Waals surface area contributed by atoms with E-state index >= 15 is 0 Å². The first-order chi connectivity index (χ1) is 15.7. The Morgan fingerprint density at radius 1 is 1.21 bits per heavy atom. The maximum Gasteiger partial charge on any atom is 0.416 e. The van der Waals surface area contributed by atoms with Crippen LogP contribution >= 0.6 is 0 Å². The van der Waals surface area contributed by atoms with Gasteiger partial charge in [0.1, 0.15) is 30.5 Å². The molecule has 1 fully saturated rings. The summed E-state index contributed by atoms with van der Waals surface area (Å²) in [7, 11) is 0. The van der Waals surface area contributed by atoms with Crippen molar-refractivity contribution in [3.05, 3.63) is 59.8 Å². The maximum atomic E-state index is 14.3. The zero-order valence-corrected chi connectivity index (χ0v) is 18.4. The molecule has 0 unspecified atom stereocenters. The third-order valence-electron chi connectivity index (χ3n) is 5.53. The molecule has 3 atom stereocenters. The lowest BCUT2D eigenvalue weighted by atomic mass is 10.00. The number of hydrogen-bond donors (Lipinski definition) is 2. The SMILES string of the molecule is Cc1cc([C@H](C)Nc2nccc(N3C(=O)OC[C@@H]3[C@H](C)F)n2)ncc1-c1cc(N)ccc1F. The molecule has 1 amide bonds. The van der Waals surface area contributed by atoms with Crippen molar-refractivity contribution in [2.45, 2.75) is 39.0 Å². The van der Waals surface area contributed by atoms with E-state index in [1.807, 2.05) is 19.9 Å². The normalized spacial score (nSPS) is 17.5. The maximum absolute atomic E-state index is 14.3. The van der Waals surface area contributed by atoms with E-state index in [9.17, 15) is 13.6 Å². The summed E-state index contributed by atoms with van der Waals surface area (Å²) in [6.45, 7) is 5.07. The molecule has 0 radical (unpaired) electrons. The fourth-order valence-electron chi connectivity index (χ4n) is 3.70. The number of alkyl halides is 1. The number of pyridine rings is 1. The van der Waals surface area contributed by atoms with Crippen LogP contribution in [-0.4, -0.2) is 39.9 Å². The molecule has 1 aliphatic rings. The Hall–Kier alpha value is -3.82. The zero-order valence-electron chi connectivity index (χ0n) is 18.4. The van der Waals surface area contributed by atoms with Gasteiger partial charge in [-0.15, -0.1) is 0 Å². The average molecular weight is 454 g/mol. The van der Waals surface area contributed by atoms with E-state index in [-0.39, 0.29) is 30.2 Å². The Morgan fingerprint density at radius 2 is 2.00 bits per heavy atom. The van der Waals surface area contributed by atoms with Crippen LogP contribution in [-0.2, 0) is 4.74 Å². The van der Waals surface area contributed by atoms with E-state index in [2.05, 4.69) is 20.3 Å². The number of rotatable bonds is 6. The van der Waals surface area contributed by atoms with Crippen molar-refractivity contribution in [3.8, 4) is 11.1 Å². The first-order valence-corrected chi connectivity index (χ1v) is 10.5. The molecule has 1 aromatic carbocycles. The molecule has 3 N–H and O–H groups in total. The summed E-state index contributed by atoms with van der Waals surface area (Å²) in [5.74, 6) is 0.114. The second-order valence-corrected chi connectivity index (χ2v) is 7.96. The highest BCUT2D eigenvalue weighted by atomic mass is 19.1. The van der Waals surface area contributed by atoms with E-state index in [0.29, 0.717) is 22.5 Å². The Morgan fingerprint density at radius 3 is 2.73 bits per heavy atom. The van der Waals surface area contributed by atoms with Crippen LogP contribution in [0, 0.1) is 12.7 Å². The number of hydrogen-bond acceptors (Lipinski definition) is 7. The first kappa shape index (κ1) is 22.4. The molecule has 33 heavy (non-hydrogen) atoms. The number of nitrogens with one attached hydrogen (secondary N) is 1. The molecule has 0 aliphatic carbocycles. The molecule has 172 valence electrons. The largest absolute Gasteiger partial charge is 0.447 e. The van der Waals surface area contributed by atoms with Crippen LogP contribution in [0.1, 0.15) is 31.1 Å². The van der Waals surface area contributed by atoms with Crippen molar-refractivity contribution < 1.29 is 18.3 Å². The third-order valence-corrected chi connectivity index (χ3v) is 5.53. The van der Waals surface area contributed by atoms with Gasteiger partial charge in [-0.2, -0.15) is 4.98 Å². The molecule has 3 heterocycles. The molecule has 2 aromatic heterocycles. The number of cyclic esters (lactones) is 1. The summed E-state index contributed by atoms with van der Waals surface area (Å²) in [5.41, 5.74) is 8.82. The van der Waals surface area contributed by atoms with Crippen molar-refractivity contribution in [1.82, 2.24) is 15.0 Å². The molecule has 4 rings (SSSR count). The average Bonchev–Trinajstić information content (AvgIpc) is 3.17. The van der Waals surface area contributed by atoms with Gasteiger partial charge < -0.3 is 15.8 Å². The lowest BCUT2D eigenvalue weighted by Gasteiger charge is -2.22. The van der Waals surface area contributed by atoms with E-state index in [1.165, 1.54) is 36.2 Å². The minimum atomic E-state index is -1.28. The summed E-state index contributed by atoms with van der Waals surface area (Å²) in [6.07, 6.45) is 1.15. The number of nitrogens with two attached hydrogens (primary N) is 1. The summed E-state index contributed by atoms with van der Waals surface area (Å²) in [5, 5.41) is 3.14. The van der Waals surface area contributed by atoms with Crippen molar-refractivity contribution in [3.63, 3.8) is 0 Å². The van der Waals surface area contributed by atoms with Crippen LogP contribution in [0.15, 0.2) is 42.7 Å². The number of aromatic nitrogens is 3. The van der Waals surface area contributed by atoms with E-state index in [0.717, 1.165) is 5.56 Å². The van der Waals surface area contributed by atoms with Gasteiger partial charge in [0.15, 0.2) is 0 Å². The van der Waals surface area contributed by atoms with E-state index in [4.69, 9.17) is 10.5 Å². The molecule has 8 nitrogen and oxygen atoms in total.